The molecular formula is C50H35N3. The van der Waals surface area contributed by atoms with Crippen LogP contribution in [0.25, 0.3) is 78.4 Å². The summed E-state index contributed by atoms with van der Waals surface area (Å²) in [6, 6.07) is 63.7. The smallest absolute Gasteiger partial charge is 0.160 e. The zero-order chi connectivity index (χ0) is 35.9. The largest absolute Gasteiger partial charge is 0.228 e. The van der Waals surface area contributed by atoms with Crippen LogP contribution in [0.4, 0.5) is 0 Å². The Balaban J connectivity index is 1.11. The van der Waals surface area contributed by atoms with Gasteiger partial charge in [-0.3, -0.25) is 0 Å². The molecule has 0 bridgehead atoms. The molecule has 0 saturated heterocycles. The number of benzene rings is 7. The Kier molecular flexibility index (Phi) is 7.87. The van der Waals surface area contributed by atoms with E-state index < -0.39 is 0 Å². The molecule has 1 aromatic heterocycles. The Hall–Kier alpha value is -6.89. The second kappa shape index (κ2) is 13.0. The van der Waals surface area contributed by atoms with Crippen LogP contribution in [0.2, 0.25) is 0 Å². The number of fused-ring (bicyclic) bond motifs is 3. The van der Waals surface area contributed by atoms with Crippen molar-refractivity contribution in [3.8, 4) is 84.5 Å². The average molecular weight is 678 g/mol. The van der Waals surface area contributed by atoms with Gasteiger partial charge in [-0.2, -0.15) is 5.26 Å². The van der Waals surface area contributed by atoms with E-state index in [0.717, 1.165) is 61.5 Å². The van der Waals surface area contributed by atoms with E-state index in [2.05, 4.69) is 159 Å². The van der Waals surface area contributed by atoms with Crippen molar-refractivity contribution < 1.29 is 0 Å². The molecule has 0 unspecified atom stereocenters. The molecule has 8 aromatic rings. The van der Waals surface area contributed by atoms with Crippen molar-refractivity contribution in [2.45, 2.75) is 19.3 Å². The lowest BCUT2D eigenvalue weighted by molar-refractivity contribution is 0.660. The SMILES string of the molecule is CC1(C)c2ccc(C#N)cc2-c2c(-c3ccc(-c4cccc(-c5nc(-c6ccccc6)cc(-c6ccccc6-c6ccccc6)n5)c4)cc3)cccc21. The molecule has 0 spiro atoms. The quantitative estimate of drug-likeness (QED) is 0.176. The molecule has 0 N–H and O–H groups in total. The number of nitrogens with zero attached hydrogens (tertiary/aromatic N) is 3. The number of nitriles is 1. The summed E-state index contributed by atoms with van der Waals surface area (Å²) < 4.78 is 0. The summed E-state index contributed by atoms with van der Waals surface area (Å²) in [6.45, 7) is 4.54. The van der Waals surface area contributed by atoms with Crippen molar-refractivity contribution in [3.63, 3.8) is 0 Å². The standard InChI is InChI=1S/C50H35N3/c1-50(2)44-28-23-33(32-51)29-43(44)48-41(21-12-22-45(48)50)36-26-24-34(25-27-36)38-17-11-18-39(30-38)49-52-46(37-15-7-4-8-16-37)31-47(53-49)42-20-10-9-19-40(42)35-13-5-3-6-14-35/h3-31H,1-2H3. The summed E-state index contributed by atoms with van der Waals surface area (Å²) in [5.41, 5.74) is 17.1. The van der Waals surface area contributed by atoms with Crippen LogP contribution in [0.3, 0.4) is 0 Å². The number of hydrogen-bond acceptors (Lipinski definition) is 3. The molecule has 3 nitrogen and oxygen atoms in total. The molecule has 9 rings (SSSR count). The summed E-state index contributed by atoms with van der Waals surface area (Å²) >= 11 is 0. The predicted molar refractivity (Wildman–Crippen MR) is 217 cm³/mol. The fourth-order valence-corrected chi connectivity index (χ4v) is 7.84. The number of rotatable bonds is 6. The van der Waals surface area contributed by atoms with Gasteiger partial charge in [0, 0.05) is 22.1 Å². The maximum atomic E-state index is 9.69. The first-order chi connectivity index (χ1) is 26.0. The van der Waals surface area contributed by atoms with Crippen LogP contribution < -0.4 is 0 Å². The van der Waals surface area contributed by atoms with Gasteiger partial charge in [-0.05, 0) is 79.9 Å². The van der Waals surface area contributed by atoms with Gasteiger partial charge in [0.05, 0.1) is 23.0 Å². The minimum absolute atomic E-state index is 0.140. The van der Waals surface area contributed by atoms with E-state index in [1.807, 2.05) is 36.4 Å². The van der Waals surface area contributed by atoms with E-state index in [9.17, 15) is 5.26 Å². The topological polar surface area (TPSA) is 49.6 Å². The zero-order valence-corrected chi connectivity index (χ0v) is 29.6. The van der Waals surface area contributed by atoms with Crippen LogP contribution in [0.15, 0.2) is 176 Å². The third-order valence-electron chi connectivity index (χ3n) is 10.6. The van der Waals surface area contributed by atoms with E-state index in [0.29, 0.717) is 11.4 Å². The van der Waals surface area contributed by atoms with Crippen molar-refractivity contribution >= 4 is 0 Å². The molecule has 1 aliphatic carbocycles. The van der Waals surface area contributed by atoms with Gasteiger partial charge < -0.3 is 0 Å². The second-order valence-corrected chi connectivity index (χ2v) is 14.1. The first-order valence-corrected chi connectivity index (χ1v) is 18.0. The fourth-order valence-electron chi connectivity index (χ4n) is 7.84. The van der Waals surface area contributed by atoms with E-state index in [1.54, 1.807) is 0 Å². The highest BCUT2D eigenvalue weighted by Crippen LogP contribution is 2.52. The minimum atomic E-state index is -0.140. The van der Waals surface area contributed by atoms with E-state index in [-0.39, 0.29) is 5.41 Å². The Bertz CT molecular complexity index is 2690. The van der Waals surface area contributed by atoms with Crippen molar-refractivity contribution in [3.05, 3.63) is 193 Å². The molecule has 0 radical (unpaired) electrons. The summed E-state index contributed by atoms with van der Waals surface area (Å²) in [7, 11) is 0. The molecule has 7 aromatic carbocycles. The molecule has 0 saturated carbocycles. The van der Waals surface area contributed by atoms with Gasteiger partial charge >= 0.3 is 0 Å². The summed E-state index contributed by atoms with van der Waals surface area (Å²) in [6.07, 6.45) is 0. The zero-order valence-electron chi connectivity index (χ0n) is 29.6. The molecule has 53 heavy (non-hydrogen) atoms. The Morgan fingerprint density at radius 3 is 1.75 bits per heavy atom. The van der Waals surface area contributed by atoms with E-state index in [4.69, 9.17) is 9.97 Å². The van der Waals surface area contributed by atoms with Crippen molar-refractivity contribution in [1.82, 2.24) is 9.97 Å². The Labute approximate surface area is 310 Å². The lowest BCUT2D eigenvalue weighted by Gasteiger charge is -2.21. The molecule has 1 heterocycles. The van der Waals surface area contributed by atoms with E-state index in [1.165, 1.54) is 22.3 Å². The summed E-state index contributed by atoms with van der Waals surface area (Å²) in [5, 5.41) is 9.69. The first kappa shape index (κ1) is 32.0. The molecule has 0 fully saturated rings. The molecule has 3 heteroatoms. The van der Waals surface area contributed by atoms with Crippen LogP contribution in [0.1, 0.15) is 30.5 Å². The van der Waals surface area contributed by atoms with Gasteiger partial charge in [-0.15, -0.1) is 0 Å². The minimum Gasteiger partial charge on any atom is -0.228 e. The van der Waals surface area contributed by atoms with Crippen molar-refractivity contribution in [2.75, 3.05) is 0 Å². The lowest BCUT2D eigenvalue weighted by Crippen LogP contribution is -2.14. The maximum Gasteiger partial charge on any atom is 0.160 e. The third-order valence-corrected chi connectivity index (χ3v) is 10.6. The highest BCUT2D eigenvalue weighted by Gasteiger charge is 2.37. The highest BCUT2D eigenvalue weighted by molar-refractivity contribution is 5.93. The number of aromatic nitrogens is 2. The number of hydrogen-bond donors (Lipinski definition) is 0. The average Bonchev–Trinajstić information content (AvgIpc) is 3.46. The fraction of sp³-hybridized carbons (Fsp3) is 0.0600. The van der Waals surface area contributed by atoms with Gasteiger partial charge in [0.2, 0.25) is 0 Å². The van der Waals surface area contributed by atoms with Gasteiger partial charge in [0.1, 0.15) is 0 Å². The van der Waals surface area contributed by atoms with Crippen LogP contribution in [0, 0.1) is 11.3 Å². The third kappa shape index (κ3) is 5.72. The van der Waals surface area contributed by atoms with Gasteiger partial charge in [0.15, 0.2) is 5.82 Å². The summed E-state index contributed by atoms with van der Waals surface area (Å²) in [4.78, 5) is 10.4. The lowest BCUT2D eigenvalue weighted by atomic mass is 9.82. The molecule has 0 amide bonds. The van der Waals surface area contributed by atoms with Crippen LogP contribution >= 0.6 is 0 Å². The second-order valence-electron chi connectivity index (χ2n) is 14.1. The Morgan fingerprint density at radius 1 is 0.415 bits per heavy atom. The van der Waals surface area contributed by atoms with Crippen LogP contribution in [-0.4, -0.2) is 9.97 Å². The van der Waals surface area contributed by atoms with Crippen LogP contribution in [-0.2, 0) is 5.41 Å². The van der Waals surface area contributed by atoms with Gasteiger partial charge in [0.25, 0.3) is 0 Å². The highest BCUT2D eigenvalue weighted by atomic mass is 14.9. The van der Waals surface area contributed by atoms with Crippen molar-refractivity contribution in [1.29, 1.82) is 5.26 Å². The van der Waals surface area contributed by atoms with Crippen molar-refractivity contribution in [2.24, 2.45) is 0 Å². The molecule has 0 atom stereocenters. The Morgan fingerprint density at radius 2 is 1.00 bits per heavy atom. The van der Waals surface area contributed by atoms with Crippen LogP contribution in [0.5, 0.6) is 0 Å². The van der Waals surface area contributed by atoms with Gasteiger partial charge in [-0.25, -0.2) is 9.97 Å². The first-order valence-electron chi connectivity index (χ1n) is 18.0. The van der Waals surface area contributed by atoms with Gasteiger partial charge in [-0.1, -0.05) is 166 Å². The molecule has 1 aliphatic rings. The maximum absolute atomic E-state index is 9.69. The molecular weight excluding hydrogens is 643 g/mol. The van der Waals surface area contributed by atoms with E-state index >= 15 is 0 Å². The monoisotopic (exact) mass is 677 g/mol. The summed E-state index contributed by atoms with van der Waals surface area (Å²) in [5.74, 6) is 0.681. The molecule has 250 valence electrons. The predicted octanol–water partition coefficient (Wildman–Crippen LogP) is 12.7. The molecule has 0 aliphatic heterocycles. The normalized spacial score (nSPS) is 12.5.